The lowest BCUT2D eigenvalue weighted by molar-refractivity contribution is -0.115. The maximum atomic E-state index is 12.6. The fourth-order valence-corrected chi connectivity index (χ4v) is 4.01. The third-order valence-corrected chi connectivity index (χ3v) is 5.60. The van der Waals surface area contributed by atoms with E-state index in [9.17, 15) is 9.59 Å². The molecule has 4 rings (SSSR count). The zero-order chi connectivity index (χ0) is 22.5. The summed E-state index contributed by atoms with van der Waals surface area (Å²) < 4.78 is 10.4. The smallest absolute Gasteiger partial charge is 0.337 e. The summed E-state index contributed by atoms with van der Waals surface area (Å²) in [5.74, 6) is 2.40. The molecule has 1 saturated heterocycles. The van der Waals surface area contributed by atoms with Gasteiger partial charge in [0.2, 0.25) is 0 Å². The van der Waals surface area contributed by atoms with Crippen molar-refractivity contribution in [2.75, 3.05) is 13.7 Å². The van der Waals surface area contributed by atoms with Crippen LogP contribution in [0.2, 0.25) is 0 Å². The number of fused-ring (bicyclic) bond motifs is 1. The van der Waals surface area contributed by atoms with Crippen LogP contribution >= 0.6 is 11.8 Å². The van der Waals surface area contributed by atoms with Gasteiger partial charge in [0.1, 0.15) is 12.4 Å². The number of ether oxygens (including phenoxy) is 2. The Labute approximate surface area is 189 Å². The molecule has 1 aliphatic rings. The molecule has 0 unspecified atom stereocenters. The van der Waals surface area contributed by atoms with Crippen LogP contribution in [-0.4, -0.2) is 30.8 Å². The minimum absolute atomic E-state index is 0.127. The predicted octanol–water partition coefficient (Wildman–Crippen LogP) is 4.53. The average Bonchev–Trinajstić information content (AvgIpc) is 3.16. The van der Waals surface area contributed by atoms with Crippen molar-refractivity contribution in [3.05, 3.63) is 76.7 Å². The normalized spacial score (nSPS) is 15.6. The zero-order valence-corrected chi connectivity index (χ0v) is 17.9. The number of amidine groups is 1. The van der Waals surface area contributed by atoms with Crippen LogP contribution in [0.5, 0.6) is 5.75 Å². The van der Waals surface area contributed by atoms with E-state index < -0.39 is 5.97 Å². The van der Waals surface area contributed by atoms with Gasteiger partial charge in [-0.3, -0.25) is 4.79 Å². The Kier molecular flexibility index (Phi) is 6.24. The van der Waals surface area contributed by atoms with Gasteiger partial charge >= 0.3 is 5.97 Å². The summed E-state index contributed by atoms with van der Waals surface area (Å²) in [5.41, 5.74) is 1.81. The maximum Gasteiger partial charge on any atom is 0.337 e. The van der Waals surface area contributed by atoms with Gasteiger partial charge < -0.3 is 14.8 Å². The summed E-state index contributed by atoms with van der Waals surface area (Å²) >= 11 is 1.23. The van der Waals surface area contributed by atoms with Crippen LogP contribution in [0.15, 0.2) is 70.6 Å². The number of nitrogens with zero attached hydrogens (tertiary/aromatic N) is 1. The highest BCUT2D eigenvalue weighted by Crippen LogP contribution is 2.34. The molecule has 7 heteroatoms. The molecule has 0 radical (unpaired) electrons. The Morgan fingerprint density at radius 1 is 1.16 bits per heavy atom. The molecule has 0 aromatic heterocycles. The molecule has 158 valence electrons. The standard InChI is InChI=1S/C25H18N2O4S/c1-3-14-31-21-13-10-16-6-4-5-7-19(16)20(21)15-22-23(28)27-25(32-22)26-18-11-8-17(9-12-18)24(29)30-2/h1,4-13,15H,14H2,2H3,(H,26,27,28). The summed E-state index contributed by atoms with van der Waals surface area (Å²) in [6.07, 6.45) is 7.14. The number of terminal acetylenes is 1. The van der Waals surface area contributed by atoms with Crippen LogP contribution < -0.4 is 10.1 Å². The van der Waals surface area contributed by atoms with E-state index in [1.165, 1.54) is 18.9 Å². The number of esters is 1. The van der Waals surface area contributed by atoms with Crippen LogP contribution in [-0.2, 0) is 9.53 Å². The number of aliphatic imine (C=N–C) groups is 1. The largest absolute Gasteiger partial charge is 0.480 e. The Morgan fingerprint density at radius 3 is 2.69 bits per heavy atom. The summed E-state index contributed by atoms with van der Waals surface area (Å²) in [5, 5.41) is 5.19. The number of benzene rings is 3. The Bertz CT molecular complexity index is 1300. The van der Waals surface area contributed by atoms with Gasteiger partial charge in [-0.1, -0.05) is 36.3 Å². The molecule has 1 heterocycles. The third kappa shape index (κ3) is 4.51. The monoisotopic (exact) mass is 442 g/mol. The number of hydrogen-bond donors (Lipinski definition) is 1. The van der Waals surface area contributed by atoms with E-state index in [4.69, 9.17) is 15.9 Å². The zero-order valence-electron chi connectivity index (χ0n) is 17.1. The Balaban J connectivity index is 1.65. The second kappa shape index (κ2) is 9.41. The molecular formula is C25H18N2O4S. The summed E-state index contributed by atoms with van der Waals surface area (Å²) in [4.78, 5) is 29.1. The first kappa shape index (κ1) is 21.2. The molecule has 0 aliphatic carbocycles. The van der Waals surface area contributed by atoms with Gasteiger partial charge in [0, 0.05) is 5.56 Å². The molecule has 0 spiro atoms. The molecule has 1 aliphatic heterocycles. The quantitative estimate of drug-likeness (QED) is 0.357. The molecule has 6 nitrogen and oxygen atoms in total. The number of hydrogen-bond acceptors (Lipinski definition) is 6. The van der Waals surface area contributed by atoms with Crippen LogP contribution in [0.1, 0.15) is 15.9 Å². The lowest BCUT2D eigenvalue weighted by atomic mass is 10.0. The van der Waals surface area contributed by atoms with E-state index in [1.54, 1.807) is 30.3 Å². The van der Waals surface area contributed by atoms with Gasteiger partial charge in [0.05, 0.1) is 23.3 Å². The molecule has 1 N–H and O–H groups in total. The summed E-state index contributed by atoms with van der Waals surface area (Å²) in [7, 11) is 1.33. The number of rotatable bonds is 5. The van der Waals surface area contributed by atoms with Crippen LogP contribution in [0.25, 0.3) is 16.8 Å². The fraction of sp³-hybridized carbons (Fsp3) is 0.0800. The SMILES string of the molecule is C#CCOc1ccc2ccccc2c1C=C1SC(=Nc2ccc(C(=O)OC)cc2)NC1=O. The molecular weight excluding hydrogens is 424 g/mol. The van der Waals surface area contributed by atoms with Crippen LogP contribution in [0.4, 0.5) is 5.69 Å². The second-order valence-corrected chi connectivity index (χ2v) is 7.74. The molecule has 0 bridgehead atoms. The van der Waals surface area contributed by atoms with Crippen molar-refractivity contribution in [1.82, 2.24) is 5.32 Å². The van der Waals surface area contributed by atoms with Crippen molar-refractivity contribution in [2.24, 2.45) is 4.99 Å². The summed E-state index contributed by atoms with van der Waals surface area (Å²) in [6, 6.07) is 18.3. The molecule has 3 aromatic rings. The molecule has 0 atom stereocenters. The highest BCUT2D eigenvalue weighted by Gasteiger charge is 2.25. The van der Waals surface area contributed by atoms with Crippen molar-refractivity contribution in [2.45, 2.75) is 0 Å². The van der Waals surface area contributed by atoms with Gasteiger partial charge in [-0.25, -0.2) is 9.79 Å². The lowest BCUT2D eigenvalue weighted by Crippen LogP contribution is -2.19. The predicted molar refractivity (Wildman–Crippen MR) is 127 cm³/mol. The van der Waals surface area contributed by atoms with Gasteiger partial charge in [-0.05, 0) is 58.9 Å². The van der Waals surface area contributed by atoms with E-state index in [0.717, 1.165) is 16.3 Å². The number of amides is 1. The van der Waals surface area contributed by atoms with Crippen molar-refractivity contribution in [1.29, 1.82) is 0 Å². The van der Waals surface area contributed by atoms with E-state index in [-0.39, 0.29) is 12.5 Å². The van der Waals surface area contributed by atoms with Gasteiger partial charge in [0.25, 0.3) is 5.91 Å². The topological polar surface area (TPSA) is 77.0 Å². The minimum atomic E-state index is -0.420. The lowest BCUT2D eigenvalue weighted by Gasteiger charge is -2.10. The van der Waals surface area contributed by atoms with E-state index in [0.29, 0.717) is 27.1 Å². The van der Waals surface area contributed by atoms with Gasteiger partial charge in [0.15, 0.2) is 5.17 Å². The maximum absolute atomic E-state index is 12.6. The Morgan fingerprint density at radius 2 is 1.94 bits per heavy atom. The number of nitrogens with one attached hydrogen (secondary N) is 1. The molecule has 1 amide bonds. The van der Waals surface area contributed by atoms with Crippen molar-refractivity contribution in [3.8, 4) is 18.1 Å². The number of methoxy groups -OCH3 is 1. The highest BCUT2D eigenvalue weighted by molar-refractivity contribution is 8.18. The van der Waals surface area contributed by atoms with Crippen molar-refractivity contribution < 1.29 is 19.1 Å². The molecule has 32 heavy (non-hydrogen) atoms. The van der Waals surface area contributed by atoms with Gasteiger partial charge in [-0.15, -0.1) is 6.42 Å². The molecule has 3 aromatic carbocycles. The van der Waals surface area contributed by atoms with Crippen LogP contribution in [0.3, 0.4) is 0 Å². The fourth-order valence-electron chi connectivity index (χ4n) is 3.19. The van der Waals surface area contributed by atoms with Crippen LogP contribution in [0, 0.1) is 12.3 Å². The Hall–Kier alpha value is -4.02. The second-order valence-electron chi connectivity index (χ2n) is 6.71. The molecule has 0 saturated carbocycles. The highest BCUT2D eigenvalue weighted by atomic mass is 32.2. The van der Waals surface area contributed by atoms with Gasteiger partial charge in [-0.2, -0.15) is 0 Å². The first-order chi connectivity index (χ1) is 15.6. The number of carbonyl (C=O) groups is 2. The first-order valence-electron chi connectivity index (χ1n) is 9.65. The van der Waals surface area contributed by atoms with E-state index >= 15 is 0 Å². The van der Waals surface area contributed by atoms with Crippen molar-refractivity contribution in [3.63, 3.8) is 0 Å². The third-order valence-electron chi connectivity index (χ3n) is 4.69. The van der Waals surface area contributed by atoms with E-state index in [1.807, 2.05) is 36.4 Å². The average molecular weight is 442 g/mol. The number of carbonyl (C=O) groups excluding carboxylic acids is 2. The van der Waals surface area contributed by atoms with Crippen molar-refractivity contribution >= 4 is 51.3 Å². The van der Waals surface area contributed by atoms with E-state index in [2.05, 4.69) is 16.2 Å². The minimum Gasteiger partial charge on any atom is -0.480 e. The first-order valence-corrected chi connectivity index (χ1v) is 10.5. The summed E-state index contributed by atoms with van der Waals surface area (Å²) in [6.45, 7) is 0.127. The number of thioether (sulfide) groups is 1. The molecule has 1 fully saturated rings.